The van der Waals surface area contributed by atoms with Crippen LogP contribution in [0.25, 0.3) is 0 Å². The van der Waals surface area contributed by atoms with Gasteiger partial charge in [-0.2, -0.15) is 0 Å². The van der Waals surface area contributed by atoms with Crippen molar-refractivity contribution in [2.24, 2.45) is 0 Å². The quantitative estimate of drug-likeness (QED) is 0.749. The number of nitrogens with zero attached hydrogens (tertiary/aromatic N) is 3. The summed E-state index contributed by atoms with van der Waals surface area (Å²) in [5.74, 6) is 0.917. The molecule has 1 N–H and O–H groups in total. The van der Waals surface area contributed by atoms with Gasteiger partial charge in [0.25, 0.3) is 0 Å². The highest BCUT2D eigenvalue weighted by atomic mass is 16.5. The molecule has 1 aromatic rings. The fourth-order valence-electron chi connectivity index (χ4n) is 2.02. The van der Waals surface area contributed by atoms with Gasteiger partial charge in [-0.1, -0.05) is 5.16 Å². The molecule has 0 spiro atoms. The van der Waals surface area contributed by atoms with Gasteiger partial charge in [0.1, 0.15) is 0 Å². The van der Waals surface area contributed by atoms with E-state index in [1.165, 1.54) is 26.2 Å². The molecule has 0 atom stereocenters. The molecule has 5 nitrogen and oxygen atoms in total. The highest BCUT2D eigenvalue weighted by molar-refractivity contribution is 5.02. The molecule has 0 aliphatic carbocycles. The van der Waals surface area contributed by atoms with Crippen LogP contribution in [-0.2, 0) is 6.54 Å². The van der Waals surface area contributed by atoms with Crippen LogP contribution in [0.3, 0.4) is 0 Å². The van der Waals surface area contributed by atoms with Crippen molar-refractivity contribution < 1.29 is 4.52 Å². The SMILES string of the molecule is Cc1cc(CNCCN2CCN(C)CC2)on1. The van der Waals surface area contributed by atoms with E-state index in [2.05, 4.69) is 27.3 Å². The van der Waals surface area contributed by atoms with E-state index >= 15 is 0 Å². The Labute approximate surface area is 103 Å². The van der Waals surface area contributed by atoms with Crippen molar-refractivity contribution in [3.8, 4) is 0 Å². The first kappa shape index (κ1) is 12.5. The first-order chi connectivity index (χ1) is 8.24. The highest BCUT2D eigenvalue weighted by Crippen LogP contribution is 2.01. The molecule has 1 aliphatic heterocycles. The Kier molecular flexibility index (Phi) is 4.53. The Bertz CT molecular complexity index is 331. The first-order valence-corrected chi connectivity index (χ1v) is 6.28. The van der Waals surface area contributed by atoms with Crippen molar-refractivity contribution in [2.45, 2.75) is 13.5 Å². The highest BCUT2D eigenvalue weighted by Gasteiger charge is 2.12. The van der Waals surface area contributed by atoms with Crippen molar-refractivity contribution in [1.29, 1.82) is 0 Å². The summed E-state index contributed by atoms with van der Waals surface area (Å²) < 4.78 is 5.14. The summed E-state index contributed by atoms with van der Waals surface area (Å²) in [4.78, 5) is 4.87. The summed E-state index contributed by atoms with van der Waals surface area (Å²) in [6, 6.07) is 1.98. The molecule has 0 radical (unpaired) electrons. The van der Waals surface area contributed by atoms with Crippen LogP contribution in [0.4, 0.5) is 0 Å². The standard InChI is InChI=1S/C12H22N4O/c1-11-9-12(17-14-11)10-13-3-4-16-7-5-15(2)6-8-16/h9,13H,3-8,10H2,1-2H3. The van der Waals surface area contributed by atoms with Gasteiger partial charge in [0.15, 0.2) is 5.76 Å². The van der Waals surface area contributed by atoms with Gasteiger partial charge in [-0.3, -0.25) is 4.90 Å². The van der Waals surface area contributed by atoms with Crippen LogP contribution in [0.15, 0.2) is 10.6 Å². The molecule has 2 heterocycles. The van der Waals surface area contributed by atoms with Crippen LogP contribution in [0, 0.1) is 6.92 Å². The second-order valence-corrected chi connectivity index (χ2v) is 4.76. The second-order valence-electron chi connectivity index (χ2n) is 4.76. The maximum absolute atomic E-state index is 5.14. The number of piperazine rings is 1. The van der Waals surface area contributed by atoms with E-state index in [-0.39, 0.29) is 0 Å². The molecule has 1 aliphatic rings. The Morgan fingerprint density at radius 2 is 2.12 bits per heavy atom. The predicted octanol–water partition coefficient (Wildman–Crippen LogP) is 0.320. The van der Waals surface area contributed by atoms with Crippen LogP contribution in [-0.4, -0.2) is 61.3 Å². The van der Waals surface area contributed by atoms with Gasteiger partial charge >= 0.3 is 0 Å². The largest absolute Gasteiger partial charge is 0.360 e. The molecule has 1 saturated heterocycles. The lowest BCUT2D eigenvalue weighted by molar-refractivity contribution is 0.154. The molecule has 0 amide bonds. The molecule has 96 valence electrons. The summed E-state index contributed by atoms with van der Waals surface area (Å²) in [5.41, 5.74) is 0.945. The smallest absolute Gasteiger partial charge is 0.150 e. The summed E-state index contributed by atoms with van der Waals surface area (Å²) in [6.45, 7) is 9.55. The van der Waals surface area contributed by atoms with Crippen LogP contribution >= 0.6 is 0 Å². The second kappa shape index (κ2) is 6.14. The van der Waals surface area contributed by atoms with E-state index in [0.29, 0.717) is 0 Å². The van der Waals surface area contributed by atoms with Crippen molar-refractivity contribution in [3.63, 3.8) is 0 Å². The predicted molar refractivity (Wildman–Crippen MR) is 66.9 cm³/mol. The van der Waals surface area contributed by atoms with E-state index < -0.39 is 0 Å². The number of rotatable bonds is 5. The molecule has 1 fully saturated rings. The Hall–Kier alpha value is -0.910. The number of hydrogen-bond acceptors (Lipinski definition) is 5. The third kappa shape index (κ3) is 4.11. The van der Waals surface area contributed by atoms with Crippen LogP contribution in [0.2, 0.25) is 0 Å². The Morgan fingerprint density at radius 3 is 2.76 bits per heavy atom. The van der Waals surface area contributed by atoms with Gasteiger partial charge in [0.2, 0.25) is 0 Å². The summed E-state index contributed by atoms with van der Waals surface area (Å²) >= 11 is 0. The number of likely N-dealkylation sites (N-methyl/N-ethyl adjacent to an activating group) is 1. The van der Waals surface area contributed by atoms with Gasteiger partial charge in [-0.15, -0.1) is 0 Å². The van der Waals surface area contributed by atoms with Gasteiger partial charge in [0, 0.05) is 45.3 Å². The lowest BCUT2D eigenvalue weighted by Gasteiger charge is -2.32. The van der Waals surface area contributed by atoms with E-state index in [1.54, 1.807) is 0 Å². The minimum Gasteiger partial charge on any atom is -0.360 e. The molecule has 0 bridgehead atoms. The van der Waals surface area contributed by atoms with E-state index in [0.717, 1.165) is 31.1 Å². The number of aromatic nitrogens is 1. The van der Waals surface area contributed by atoms with Crippen LogP contribution in [0.5, 0.6) is 0 Å². The Balaban J connectivity index is 1.57. The third-order valence-electron chi connectivity index (χ3n) is 3.18. The van der Waals surface area contributed by atoms with Gasteiger partial charge in [-0.05, 0) is 14.0 Å². The van der Waals surface area contributed by atoms with Gasteiger partial charge < -0.3 is 14.7 Å². The van der Waals surface area contributed by atoms with Crippen molar-refractivity contribution >= 4 is 0 Å². The molecule has 2 rings (SSSR count). The molecule has 0 unspecified atom stereocenters. The van der Waals surface area contributed by atoms with Crippen LogP contribution in [0.1, 0.15) is 11.5 Å². The van der Waals surface area contributed by atoms with Crippen molar-refractivity contribution in [3.05, 3.63) is 17.5 Å². The molecular formula is C12H22N4O. The van der Waals surface area contributed by atoms with E-state index in [1.807, 2.05) is 13.0 Å². The van der Waals surface area contributed by atoms with Crippen molar-refractivity contribution in [2.75, 3.05) is 46.3 Å². The summed E-state index contributed by atoms with van der Waals surface area (Å²) in [6.07, 6.45) is 0. The minimum absolute atomic E-state index is 0.772. The minimum atomic E-state index is 0.772. The lowest BCUT2D eigenvalue weighted by atomic mass is 10.3. The zero-order chi connectivity index (χ0) is 12.1. The molecule has 17 heavy (non-hydrogen) atoms. The molecule has 1 aromatic heterocycles. The fourth-order valence-corrected chi connectivity index (χ4v) is 2.02. The van der Waals surface area contributed by atoms with Gasteiger partial charge in [0.05, 0.1) is 12.2 Å². The number of aryl methyl sites for hydroxylation is 1. The molecule has 0 saturated carbocycles. The lowest BCUT2D eigenvalue weighted by Crippen LogP contribution is -2.46. The van der Waals surface area contributed by atoms with Crippen molar-refractivity contribution in [1.82, 2.24) is 20.3 Å². The monoisotopic (exact) mass is 238 g/mol. The normalized spacial score (nSPS) is 18.7. The summed E-state index contributed by atoms with van der Waals surface area (Å²) in [7, 11) is 2.18. The molecule has 0 aromatic carbocycles. The van der Waals surface area contributed by atoms with E-state index in [4.69, 9.17) is 4.52 Å². The zero-order valence-corrected chi connectivity index (χ0v) is 10.8. The first-order valence-electron chi connectivity index (χ1n) is 6.28. The average Bonchev–Trinajstić information content (AvgIpc) is 2.73. The topological polar surface area (TPSA) is 44.5 Å². The Morgan fingerprint density at radius 1 is 1.35 bits per heavy atom. The van der Waals surface area contributed by atoms with E-state index in [9.17, 15) is 0 Å². The number of hydrogen-bond donors (Lipinski definition) is 1. The molecular weight excluding hydrogens is 216 g/mol. The maximum atomic E-state index is 5.14. The maximum Gasteiger partial charge on any atom is 0.150 e. The fraction of sp³-hybridized carbons (Fsp3) is 0.750. The number of nitrogens with one attached hydrogen (secondary N) is 1. The molecule has 5 heteroatoms. The average molecular weight is 238 g/mol. The third-order valence-corrected chi connectivity index (χ3v) is 3.18. The van der Waals surface area contributed by atoms with Gasteiger partial charge in [-0.25, -0.2) is 0 Å². The summed E-state index contributed by atoms with van der Waals surface area (Å²) in [5, 5.41) is 7.25. The zero-order valence-electron chi connectivity index (χ0n) is 10.8. The van der Waals surface area contributed by atoms with Crippen LogP contribution < -0.4 is 5.32 Å².